The lowest BCUT2D eigenvalue weighted by atomic mass is 10.3. The number of hydrogen-bond donors (Lipinski definition) is 0. The molecule has 0 fully saturated rings. The predicted molar refractivity (Wildman–Crippen MR) is 45.1 cm³/mol. The highest BCUT2D eigenvalue weighted by Crippen LogP contribution is 2.21. The Hall–Kier alpha value is -1.58. The van der Waals surface area contributed by atoms with Crippen molar-refractivity contribution in [3.05, 3.63) is 18.5 Å². The van der Waals surface area contributed by atoms with Gasteiger partial charge in [-0.05, 0) is 6.07 Å². The Morgan fingerprint density at radius 2 is 2.33 bits per heavy atom. The number of aryl methyl sites for hydroxylation is 1. The van der Waals surface area contributed by atoms with Crippen molar-refractivity contribution in [3.63, 3.8) is 0 Å². The Labute approximate surface area is 69.8 Å². The van der Waals surface area contributed by atoms with Gasteiger partial charge in [-0.1, -0.05) is 0 Å². The van der Waals surface area contributed by atoms with Gasteiger partial charge >= 0.3 is 0 Å². The molecule has 0 saturated carbocycles. The van der Waals surface area contributed by atoms with Crippen LogP contribution in [0.4, 0.5) is 0 Å². The molecule has 0 saturated heterocycles. The molecule has 4 heteroatoms. The number of hydrogen-bond acceptors (Lipinski definition) is 3. The zero-order valence-electron chi connectivity index (χ0n) is 6.98. The third-order valence-corrected chi connectivity index (χ3v) is 1.85. The summed E-state index contributed by atoms with van der Waals surface area (Å²) in [5.41, 5.74) is 0.842. The topological polar surface area (TPSA) is 39.9 Å². The number of nitrogens with zero attached hydrogens (tertiary/aromatic N) is 3. The van der Waals surface area contributed by atoms with Crippen molar-refractivity contribution in [2.75, 3.05) is 7.11 Å². The Morgan fingerprint density at radius 3 is 3.08 bits per heavy atom. The lowest BCUT2D eigenvalue weighted by Gasteiger charge is -1.99. The van der Waals surface area contributed by atoms with E-state index in [0.717, 1.165) is 16.8 Å². The first-order valence-corrected chi connectivity index (χ1v) is 3.63. The lowest BCUT2D eigenvalue weighted by Crippen LogP contribution is -1.92. The van der Waals surface area contributed by atoms with E-state index in [2.05, 4.69) is 10.2 Å². The Morgan fingerprint density at radius 1 is 1.50 bits per heavy atom. The molecule has 0 aliphatic carbocycles. The van der Waals surface area contributed by atoms with Gasteiger partial charge in [0.1, 0.15) is 5.75 Å². The van der Waals surface area contributed by atoms with E-state index in [0.29, 0.717) is 0 Å². The van der Waals surface area contributed by atoms with Crippen LogP contribution in [-0.2, 0) is 7.05 Å². The zero-order valence-corrected chi connectivity index (χ0v) is 6.98. The van der Waals surface area contributed by atoms with Crippen LogP contribution in [-0.4, -0.2) is 21.9 Å². The smallest absolute Gasteiger partial charge is 0.166 e. The van der Waals surface area contributed by atoms with Gasteiger partial charge in [0.05, 0.1) is 18.7 Å². The van der Waals surface area contributed by atoms with Crippen LogP contribution in [0, 0.1) is 0 Å². The minimum atomic E-state index is 0.764. The normalized spacial score (nSPS) is 10.5. The largest absolute Gasteiger partial charge is 0.494 e. The molecule has 2 aromatic rings. The van der Waals surface area contributed by atoms with Crippen LogP contribution < -0.4 is 4.74 Å². The number of ether oxygens (including phenoxy) is 1. The van der Waals surface area contributed by atoms with Crippen molar-refractivity contribution in [2.24, 2.45) is 7.05 Å². The molecule has 12 heavy (non-hydrogen) atoms. The fourth-order valence-corrected chi connectivity index (χ4v) is 1.21. The SMILES string of the molecule is COc1cnnc2c1ccn2C. The fraction of sp³-hybridized carbons (Fsp3) is 0.250. The van der Waals surface area contributed by atoms with Crippen molar-refractivity contribution < 1.29 is 4.74 Å². The van der Waals surface area contributed by atoms with E-state index in [-0.39, 0.29) is 0 Å². The van der Waals surface area contributed by atoms with Crippen LogP contribution in [0.25, 0.3) is 11.0 Å². The van der Waals surface area contributed by atoms with Crippen LogP contribution in [0.2, 0.25) is 0 Å². The molecule has 2 heterocycles. The summed E-state index contributed by atoms with van der Waals surface area (Å²) in [4.78, 5) is 0. The maximum atomic E-state index is 5.12. The summed E-state index contributed by atoms with van der Waals surface area (Å²) in [6, 6.07) is 1.96. The highest BCUT2D eigenvalue weighted by Gasteiger charge is 2.04. The first-order chi connectivity index (χ1) is 5.83. The molecule has 0 unspecified atom stereocenters. The van der Waals surface area contributed by atoms with E-state index in [9.17, 15) is 0 Å². The molecule has 0 aromatic carbocycles. The summed E-state index contributed by atoms with van der Waals surface area (Å²) >= 11 is 0. The van der Waals surface area contributed by atoms with E-state index in [1.165, 1.54) is 0 Å². The minimum absolute atomic E-state index is 0.764. The molecule has 0 atom stereocenters. The molecule has 0 spiro atoms. The Bertz CT molecular complexity index is 408. The van der Waals surface area contributed by atoms with E-state index >= 15 is 0 Å². The van der Waals surface area contributed by atoms with Gasteiger partial charge in [-0.2, -0.15) is 5.10 Å². The predicted octanol–water partition coefficient (Wildman–Crippen LogP) is 0.977. The number of aromatic nitrogens is 3. The molecule has 0 aliphatic heterocycles. The molecular formula is C8H9N3O. The average molecular weight is 163 g/mol. The maximum absolute atomic E-state index is 5.12. The maximum Gasteiger partial charge on any atom is 0.166 e. The average Bonchev–Trinajstić information content (AvgIpc) is 2.48. The van der Waals surface area contributed by atoms with Gasteiger partial charge < -0.3 is 9.30 Å². The van der Waals surface area contributed by atoms with E-state index in [4.69, 9.17) is 4.74 Å². The highest BCUT2D eigenvalue weighted by atomic mass is 16.5. The molecule has 0 radical (unpaired) electrons. The number of fused-ring (bicyclic) bond motifs is 1. The molecule has 62 valence electrons. The van der Waals surface area contributed by atoms with Crippen LogP contribution in [0.15, 0.2) is 18.5 Å². The van der Waals surface area contributed by atoms with Crippen molar-refractivity contribution >= 4 is 11.0 Å². The molecule has 2 aromatic heterocycles. The molecular weight excluding hydrogens is 154 g/mol. The quantitative estimate of drug-likeness (QED) is 0.629. The molecule has 2 rings (SSSR count). The van der Waals surface area contributed by atoms with Gasteiger partial charge in [0.15, 0.2) is 5.65 Å². The van der Waals surface area contributed by atoms with Crippen LogP contribution in [0.5, 0.6) is 5.75 Å². The first kappa shape index (κ1) is 7.09. The third kappa shape index (κ3) is 0.845. The Kier molecular flexibility index (Phi) is 1.46. The van der Waals surface area contributed by atoms with Gasteiger partial charge in [-0.15, -0.1) is 5.10 Å². The number of methoxy groups -OCH3 is 1. The molecule has 4 nitrogen and oxygen atoms in total. The number of rotatable bonds is 1. The fourth-order valence-electron chi connectivity index (χ4n) is 1.21. The second-order valence-corrected chi connectivity index (χ2v) is 2.58. The van der Waals surface area contributed by atoms with Gasteiger partial charge in [-0.3, -0.25) is 0 Å². The van der Waals surface area contributed by atoms with Crippen LogP contribution in [0.3, 0.4) is 0 Å². The van der Waals surface area contributed by atoms with Crippen LogP contribution in [0.1, 0.15) is 0 Å². The van der Waals surface area contributed by atoms with E-state index in [1.54, 1.807) is 13.3 Å². The Balaban J connectivity index is 2.81. The molecule has 0 aliphatic rings. The molecule has 0 bridgehead atoms. The summed E-state index contributed by atoms with van der Waals surface area (Å²) in [5, 5.41) is 8.80. The van der Waals surface area contributed by atoms with E-state index < -0.39 is 0 Å². The van der Waals surface area contributed by atoms with Crippen molar-refractivity contribution in [3.8, 4) is 5.75 Å². The van der Waals surface area contributed by atoms with Gasteiger partial charge in [0.25, 0.3) is 0 Å². The van der Waals surface area contributed by atoms with Gasteiger partial charge in [0.2, 0.25) is 0 Å². The van der Waals surface area contributed by atoms with Gasteiger partial charge in [0, 0.05) is 13.2 Å². The van der Waals surface area contributed by atoms with Crippen molar-refractivity contribution in [2.45, 2.75) is 0 Å². The monoisotopic (exact) mass is 163 g/mol. The second-order valence-electron chi connectivity index (χ2n) is 2.58. The molecule has 0 amide bonds. The van der Waals surface area contributed by atoms with Crippen molar-refractivity contribution in [1.29, 1.82) is 0 Å². The van der Waals surface area contributed by atoms with Gasteiger partial charge in [-0.25, -0.2) is 0 Å². The minimum Gasteiger partial charge on any atom is -0.494 e. The summed E-state index contributed by atoms with van der Waals surface area (Å²) < 4.78 is 7.03. The zero-order chi connectivity index (χ0) is 8.55. The summed E-state index contributed by atoms with van der Waals surface area (Å²) in [5.74, 6) is 0.764. The highest BCUT2D eigenvalue weighted by molar-refractivity contribution is 5.82. The van der Waals surface area contributed by atoms with Crippen molar-refractivity contribution in [1.82, 2.24) is 14.8 Å². The van der Waals surface area contributed by atoms with E-state index in [1.807, 2.05) is 23.9 Å². The second kappa shape index (κ2) is 2.48. The molecule has 0 N–H and O–H groups in total. The lowest BCUT2D eigenvalue weighted by molar-refractivity contribution is 0.417. The summed E-state index contributed by atoms with van der Waals surface area (Å²) in [6.07, 6.45) is 3.55. The summed E-state index contributed by atoms with van der Waals surface area (Å²) in [6.45, 7) is 0. The standard InChI is InChI=1S/C8H9N3O/c1-11-4-3-6-7(12-2)5-9-10-8(6)11/h3-5H,1-2H3. The summed E-state index contributed by atoms with van der Waals surface area (Å²) in [7, 11) is 3.56. The van der Waals surface area contributed by atoms with Crippen LogP contribution >= 0.6 is 0 Å². The third-order valence-electron chi connectivity index (χ3n) is 1.85. The first-order valence-electron chi connectivity index (χ1n) is 3.63.